The molecule has 0 saturated carbocycles. The van der Waals surface area contributed by atoms with Gasteiger partial charge in [0.15, 0.2) is 5.78 Å². The number of Topliss-reactive ketones (excluding diaryl/α,β-unsaturated/α-hetero) is 1. The van der Waals surface area contributed by atoms with Gasteiger partial charge in [-0.25, -0.2) is 10.9 Å². The summed E-state index contributed by atoms with van der Waals surface area (Å²) in [5.41, 5.74) is 8.14. The molecule has 5 nitrogen and oxygen atoms in total. The second-order valence-corrected chi connectivity index (χ2v) is 7.40. The summed E-state index contributed by atoms with van der Waals surface area (Å²) in [5, 5.41) is 2.95. The summed E-state index contributed by atoms with van der Waals surface area (Å²) >= 11 is 3.39. The quantitative estimate of drug-likeness (QED) is 0.693. The molecule has 0 aliphatic carbocycles. The topological polar surface area (TPSA) is 70.2 Å². The van der Waals surface area contributed by atoms with Crippen LogP contribution in [0.3, 0.4) is 0 Å². The van der Waals surface area contributed by atoms with Crippen LogP contribution in [-0.4, -0.2) is 17.9 Å². The maximum absolute atomic E-state index is 13.1. The average Bonchev–Trinajstić information content (AvgIpc) is 3.05. The fourth-order valence-electron chi connectivity index (χ4n) is 3.79. The molecule has 2 aromatic rings. The van der Waals surface area contributed by atoms with Crippen LogP contribution >= 0.6 is 15.9 Å². The number of carbonyl (C=O) groups is 2. The summed E-state index contributed by atoms with van der Waals surface area (Å²) in [6.45, 7) is 0. The Morgan fingerprint density at radius 2 is 1.72 bits per heavy atom. The molecular weight excluding hydrogens is 382 g/mol. The summed E-state index contributed by atoms with van der Waals surface area (Å²) in [4.78, 5) is 25.2. The van der Waals surface area contributed by atoms with Crippen molar-refractivity contribution in [3.05, 3.63) is 70.2 Å². The first-order valence-electron chi connectivity index (χ1n) is 8.28. The number of carbonyl (C=O) groups excluding carboxylic acids is 2. The molecule has 0 spiro atoms. The Morgan fingerprint density at radius 1 is 1.00 bits per heavy atom. The highest BCUT2D eigenvalue weighted by Crippen LogP contribution is 2.39. The molecule has 0 aromatic heterocycles. The summed E-state index contributed by atoms with van der Waals surface area (Å²) in [7, 11) is 0. The van der Waals surface area contributed by atoms with Gasteiger partial charge in [0, 0.05) is 28.3 Å². The lowest BCUT2D eigenvalue weighted by atomic mass is 9.74. The van der Waals surface area contributed by atoms with E-state index in [-0.39, 0.29) is 42.2 Å². The number of fused-ring (bicyclic) bond motifs is 1. The third-order valence-electron chi connectivity index (χ3n) is 4.97. The van der Waals surface area contributed by atoms with E-state index in [0.717, 1.165) is 10.0 Å². The molecule has 1 amide bonds. The van der Waals surface area contributed by atoms with Gasteiger partial charge in [-0.3, -0.25) is 9.59 Å². The molecule has 6 heteroatoms. The molecule has 0 bridgehead atoms. The molecule has 2 fully saturated rings. The standard InChI is InChI=1S/C19H18BrN3O2/c20-13-8-6-12(7-9-13)18(25)14-10-15(24)21-19-16(14)17(22-23-19)11-4-2-1-3-5-11/h1-9,14,16-17,19,22-23H,10H2,(H,21,24). The van der Waals surface area contributed by atoms with Crippen molar-refractivity contribution >= 4 is 27.6 Å². The van der Waals surface area contributed by atoms with Gasteiger partial charge in [-0.2, -0.15) is 0 Å². The smallest absolute Gasteiger partial charge is 0.222 e. The number of amides is 1. The van der Waals surface area contributed by atoms with Crippen LogP contribution in [0.1, 0.15) is 28.4 Å². The first-order valence-corrected chi connectivity index (χ1v) is 9.08. The number of piperidine rings is 1. The minimum atomic E-state index is -0.368. The van der Waals surface area contributed by atoms with E-state index in [1.165, 1.54) is 0 Å². The maximum atomic E-state index is 13.1. The highest BCUT2D eigenvalue weighted by atomic mass is 79.9. The second kappa shape index (κ2) is 6.71. The zero-order valence-electron chi connectivity index (χ0n) is 13.4. The molecular formula is C19H18BrN3O2. The van der Waals surface area contributed by atoms with Crippen molar-refractivity contribution < 1.29 is 9.59 Å². The van der Waals surface area contributed by atoms with Crippen LogP contribution in [-0.2, 0) is 4.79 Å². The van der Waals surface area contributed by atoms with Gasteiger partial charge in [0.2, 0.25) is 5.91 Å². The number of benzene rings is 2. The Hall–Kier alpha value is -2.02. The van der Waals surface area contributed by atoms with Crippen molar-refractivity contribution in [2.75, 3.05) is 0 Å². The fourth-order valence-corrected chi connectivity index (χ4v) is 4.06. The van der Waals surface area contributed by atoms with Gasteiger partial charge < -0.3 is 5.32 Å². The first-order chi connectivity index (χ1) is 12.1. The largest absolute Gasteiger partial charge is 0.339 e. The van der Waals surface area contributed by atoms with Crippen molar-refractivity contribution in [1.29, 1.82) is 0 Å². The fraction of sp³-hybridized carbons (Fsp3) is 0.263. The highest BCUT2D eigenvalue weighted by molar-refractivity contribution is 9.10. The van der Waals surface area contributed by atoms with E-state index >= 15 is 0 Å². The number of hydrazine groups is 1. The molecule has 2 aromatic carbocycles. The van der Waals surface area contributed by atoms with E-state index in [2.05, 4.69) is 32.1 Å². The van der Waals surface area contributed by atoms with Gasteiger partial charge in [-0.15, -0.1) is 0 Å². The number of nitrogens with one attached hydrogen (secondary N) is 3. The number of hydrogen-bond acceptors (Lipinski definition) is 4. The predicted octanol–water partition coefficient (Wildman–Crippen LogP) is 2.56. The molecule has 2 aliphatic heterocycles. The van der Waals surface area contributed by atoms with Crippen LogP contribution in [0.5, 0.6) is 0 Å². The molecule has 2 aliphatic rings. The van der Waals surface area contributed by atoms with Gasteiger partial charge in [-0.1, -0.05) is 58.4 Å². The zero-order chi connectivity index (χ0) is 17.4. The third-order valence-corrected chi connectivity index (χ3v) is 5.50. The van der Waals surface area contributed by atoms with Crippen LogP contribution in [0.25, 0.3) is 0 Å². The minimum Gasteiger partial charge on any atom is -0.339 e. The molecule has 2 saturated heterocycles. The number of rotatable bonds is 3. The molecule has 2 heterocycles. The summed E-state index contributed by atoms with van der Waals surface area (Å²) < 4.78 is 0.926. The molecule has 3 N–H and O–H groups in total. The predicted molar refractivity (Wildman–Crippen MR) is 97.5 cm³/mol. The summed E-state index contributed by atoms with van der Waals surface area (Å²) in [6, 6.07) is 17.3. The molecule has 0 radical (unpaired) electrons. The van der Waals surface area contributed by atoms with Gasteiger partial charge in [0.05, 0.1) is 12.2 Å². The Kier molecular flexibility index (Phi) is 4.41. The summed E-state index contributed by atoms with van der Waals surface area (Å²) in [5.74, 6) is -0.493. The Morgan fingerprint density at radius 3 is 2.44 bits per heavy atom. The van der Waals surface area contributed by atoms with Gasteiger partial charge in [0.1, 0.15) is 0 Å². The molecule has 4 unspecified atom stereocenters. The number of ketones is 1. The third kappa shape index (κ3) is 3.13. The minimum absolute atomic E-state index is 0.0174. The van der Waals surface area contributed by atoms with E-state index in [1.54, 1.807) is 12.1 Å². The average molecular weight is 400 g/mol. The Bertz CT molecular complexity index is 794. The van der Waals surface area contributed by atoms with Crippen LogP contribution in [0.2, 0.25) is 0 Å². The van der Waals surface area contributed by atoms with Gasteiger partial charge >= 0.3 is 0 Å². The van der Waals surface area contributed by atoms with Crippen molar-refractivity contribution in [3.8, 4) is 0 Å². The van der Waals surface area contributed by atoms with Gasteiger partial charge in [0.25, 0.3) is 0 Å². The molecule has 4 rings (SSSR count). The van der Waals surface area contributed by atoms with E-state index in [0.29, 0.717) is 5.56 Å². The normalized spacial score (nSPS) is 28.3. The number of halogens is 1. The van der Waals surface area contributed by atoms with Gasteiger partial charge in [-0.05, 0) is 17.7 Å². The lowest BCUT2D eigenvalue weighted by Gasteiger charge is -2.35. The van der Waals surface area contributed by atoms with E-state index in [9.17, 15) is 9.59 Å². The lowest BCUT2D eigenvalue weighted by molar-refractivity contribution is -0.125. The SMILES string of the molecule is O=C1CC(C(=O)c2ccc(Br)cc2)C2C(NNC2c2ccccc2)N1. The van der Waals surface area contributed by atoms with E-state index < -0.39 is 0 Å². The molecule has 128 valence electrons. The van der Waals surface area contributed by atoms with Crippen LogP contribution in [0.4, 0.5) is 0 Å². The van der Waals surface area contributed by atoms with E-state index in [4.69, 9.17) is 0 Å². The van der Waals surface area contributed by atoms with Crippen molar-refractivity contribution in [1.82, 2.24) is 16.2 Å². The Balaban J connectivity index is 1.68. The monoisotopic (exact) mass is 399 g/mol. The van der Waals surface area contributed by atoms with Crippen molar-refractivity contribution in [3.63, 3.8) is 0 Å². The second-order valence-electron chi connectivity index (χ2n) is 6.48. The molecule has 25 heavy (non-hydrogen) atoms. The summed E-state index contributed by atoms with van der Waals surface area (Å²) in [6.07, 6.45) is -0.0428. The maximum Gasteiger partial charge on any atom is 0.222 e. The molecule has 4 atom stereocenters. The lowest BCUT2D eigenvalue weighted by Crippen LogP contribution is -2.54. The number of hydrogen-bond donors (Lipinski definition) is 3. The highest BCUT2D eigenvalue weighted by Gasteiger charge is 2.48. The first kappa shape index (κ1) is 16.4. The van der Waals surface area contributed by atoms with Crippen LogP contribution in [0.15, 0.2) is 59.1 Å². The van der Waals surface area contributed by atoms with Crippen molar-refractivity contribution in [2.45, 2.75) is 18.6 Å². The van der Waals surface area contributed by atoms with Crippen LogP contribution in [0, 0.1) is 11.8 Å². The van der Waals surface area contributed by atoms with Crippen LogP contribution < -0.4 is 16.2 Å². The Labute approximate surface area is 154 Å². The zero-order valence-corrected chi connectivity index (χ0v) is 15.0. The van der Waals surface area contributed by atoms with E-state index in [1.807, 2.05) is 42.5 Å². The van der Waals surface area contributed by atoms with Crippen molar-refractivity contribution in [2.24, 2.45) is 11.8 Å².